The van der Waals surface area contributed by atoms with Gasteiger partial charge in [-0.2, -0.15) is 0 Å². The van der Waals surface area contributed by atoms with E-state index in [1.807, 2.05) is 66.7 Å². The summed E-state index contributed by atoms with van der Waals surface area (Å²) in [6.45, 7) is 0. The second kappa shape index (κ2) is 8.07. The minimum Gasteiger partial charge on any atom is -0.294 e. The fourth-order valence-electron chi connectivity index (χ4n) is 2.88. The van der Waals surface area contributed by atoms with Crippen LogP contribution in [0.3, 0.4) is 0 Å². The molecule has 3 aromatic rings. The normalized spacial score (nSPS) is 13.2. The van der Waals surface area contributed by atoms with Gasteiger partial charge >= 0.3 is 0 Å². The number of hydrogen-bond acceptors (Lipinski definition) is 1. The molecule has 120 valence electrons. The lowest BCUT2D eigenvalue weighted by Gasteiger charge is -2.22. The quantitative estimate of drug-likeness (QED) is 0.387. The third-order valence-electron chi connectivity index (χ3n) is 4.16. The van der Waals surface area contributed by atoms with Crippen LogP contribution in [-0.4, -0.2) is 5.78 Å². The number of alkyl halides is 1. The van der Waals surface area contributed by atoms with Crippen molar-refractivity contribution in [1.82, 2.24) is 0 Å². The molecule has 24 heavy (non-hydrogen) atoms. The predicted molar refractivity (Wildman–Crippen MR) is 103 cm³/mol. The summed E-state index contributed by atoms with van der Waals surface area (Å²) < 4.78 is 0. The Kier molecular flexibility index (Phi) is 5.60. The molecule has 0 spiro atoms. The Morgan fingerprint density at radius 1 is 0.750 bits per heavy atom. The van der Waals surface area contributed by atoms with Gasteiger partial charge in [0.05, 0.1) is 0 Å². The van der Waals surface area contributed by atoms with Crippen molar-refractivity contribution >= 4 is 21.7 Å². The van der Waals surface area contributed by atoms with Crippen LogP contribution in [0.2, 0.25) is 0 Å². The highest BCUT2D eigenvalue weighted by Gasteiger charge is 2.28. The Labute approximate surface area is 151 Å². The van der Waals surface area contributed by atoms with Gasteiger partial charge in [0.2, 0.25) is 0 Å². The van der Waals surface area contributed by atoms with Gasteiger partial charge in [0, 0.05) is 16.3 Å². The molecule has 2 atom stereocenters. The van der Waals surface area contributed by atoms with E-state index in [2.05, 4.69) is 40.2 Å². The monoisotopic (exact) mass is 378 g/mol. The van der Waals surface area contributed by atoms with Crippen molar-refractivity contribution in [3.8, 4) is 0 Å². The fraction of sp³-hybridized carbons (Fsp3) is 0.136. The third-order valence-corrected chi connectivity index (χ3v) is 5.33. The van der Waals surface area contributed by atoms with E-state index in [1.165, 1.54) is 5.56 Å². The molecule has 0 radical (unpaired) electrons. The SMILES string of the molecule is O=C(c1ccccc1)C(Cc1ccccc1)C(Br)c1ccccc1. The van der Waals surface area contributed by atoms with Crippen molar-refractivity contribution in [2.75, 3.05) is 0 Å². The first kappa shape index (κ1) is 16.7. The van der Waals surface area contributed by atoms with Crippen molar-refractivity contribution in [1.29, 1.82) is 0 Å². The van der Waals surface area contributed by atoms with E-state index in [1.54, 1.807) is 0 Å². The maximum Gasteiger partial charge on any atom is 0.167 e. The van der Waals surface area contributed by atoms with Gasteiger partial charge < -0.3 is 0 Å². The molecule has 2 unspecified atom stereocenters. The van der Waals surface area contributed by atoms with Crippen LogP contribution in [0.4, 0.5) is 0 Å². The molecule has 0 heterocycles. The summed E-state index contributed by atoms with van der Waals surface area (Å²) in [4.78, 5) is 13.1. The average molecular weight is 379 g/mol. The molecule has 1 nitrogen and oxygen atoms in total. The molecule has 2 heteroatoms. The molecule has 0 amide bonds. The standard InChI is InChI=1S/C22H19BrO/c23-21(18-12-6-2-7-13-18)20(16-17-10-4-1-5-11-17)22(24)19-14-8-3-9-15-19/h1-15,20-21H,16H2. The lowest BCUT2D eigenvalue weighted by atomic mass is 9.86. The van der Waals surface area contributed by atoms with E-state index in [4.69, 9.17) is 0 Å². The summed E-state index contributed by atoms with van der Waals surface area (Å²) in [5.74, 6) is 0.0161. The van der Waals surface area contributed by atoms with Crippen LogP contribution in [0.5, 0.6) is 0 Å². The Bertz CT molecular complexity index is 769. The van der Waals surface area contributed by atoms with Crippen LogP contribution < -0.4 is 0 Å². The zero-order chi connectivity index (χ0) is 16.8. The summed E-state index contributed by atoms with van der Waals surface area (Å²) in [5, 5.41) is 0. The predicted octanol–water partition coefficient (Wildman–Crippen LogP) is 5.86. The number of carbonyl (C=O) groups is 1. The van der Waals surface area contributed by atoms with Crippen LogP contribution in [0, 0.1) is 5.92 Å². The number of rotatable bonds is 6. The van der Waals surface area contributed by atoms with E-state index in [0.717, 1.165) is 11.1 Å². The van der Waals surface area contributed by atoms with Gasteiger partial charge in [0.25, 0.3) is 0 Å². The summed E-state index contributed by atoms with van der Waals surface area (Å²) in [6, 6.07) is 29.9. The van der Waals surface area contributed by atoms with E-state index in [-0.39, 0.29) is 16.5 Å². The van der Waals surface area contributed by atoms with Crippen LogP contribution in [0.1, 0.15) is 26.3 Å². The molecule has 0 aliphatic carbocycles. The fourth-order valence-corrected chi connectivity index (χ4v) is 3.62. The zero-order valence-corrected chi connectivity index (χ0v) is 14.9. The number of hydrogen-bond donors (Lipinski definition) is 0. The molecule has 0 N–H and O–H groups in total. The van der Waals surface area contributed by atoms with Gasteiger partial charge in [-0.05, 0) is 17.5 Å². The second-order valence-corrected chi connectivity index (χ2v) is 6.83. The molecular weight excluding hydrogens is 360 g/mol. The Morgan fingerprint density at radius 3 is 1.83 bits per heavy atom. The van der Waals surface area contributed by atoms with Crippen molar-refractivity contribution in [3.63, 3.8) is 0 Å². The highest BCUT2D eigenvalue weighted by molar-refractivity contribution is 9.09. The van der Waals surface area contributed by atoms with Gasteiger partial charge in [0.1, 0.15) is 0 Å². The highest BCUT2D eigenvalue weighted by Crippen LogP contribution is 2.35. The first-order valence-electron chi connectivity index (χ1n) is 8.08. The number of ketones is 1. The minimum absolute atomic E-state index is 0.0217. The smallest absolute Gasteiger partial charge is 0.167 e. The van der Waals surface area contributed by atoms with Gasteiger partial charge in [-0.15, -0.1) is 0 Å². The largest absolute Gasteiger partial charge is 0.294 e. The first-order chi connectivity index (χ1) is 11.8. The zero-order valence-electron chi connectivity index (χ0n) is 13.3. The topological polar surface area (TPSA) is 17.1 Å². The van der Waals surface area contributed by atoms with Gasteiger partial charge in [-0.1, -0.05) is 107 Å². The van der Waals surface area contributed by atoms with E-state index < -0.39 is 0 Å². The lowest BCUT2D eigenvalue weighted by Crippen LogP contribution is -2.22. The van der Waals surface area contributed by atoms with Gasteiger partial charge in [0.15, 0.2) is 5.78 Å². The van der Waals surface area contributed by atoms with Crippen LogP contribution in [0.25, 0.3) is 0 Å². The van der Waals surface area contributed by atoms with Crippen LogP contribution in [0.15, 0.2) is 91.0 Å². The number of halogens is 1. The average Bonchev–Trinajstić information content (AvgIpc) is 2.67. The van der Waals surface area contributed by atoms with E-state index in [0.29, 0.717) is 6.42 Å². The van der Waals surface area contributed by atoms with Gasteiger partial charge in [-0.25, -0.2) is 0 Å². The highest BCUT2D eigenvalue weighted by atomic mass is 79.9. The molecule has 0 aromatic heterocycles. The first-order valence-corrected chi connectivity index (χ1v) is 8.99. The molecule has 0 bridgehead atoms. The van der Waals surface area contributed by atoms with Crippen molar-refractivity contribution in [2.24, 2.45) is 5.92 Å². The lowest BCUT2D eigenvalue weighted by molar-refractivity contribution is 0.0917. The summed E-state index contributed by atoms with van der Waals surface area (Å²) in [6.07, 6.45) is 0.708. The molecule has 0 aliphatic heterocycles. The Morgan fingerprint density at radius 2 is 1.25 bits per heavy atom. The molecule has 0 saturated heterocycles. The molecule has 0 saturated carbocycles. The van der Waals surface area contributed by atoms with Crippen molar-refractivity contribution in [2.45, 2.75) is 11.2 Å². The van der Waals surface area contributed by atoms with Crippen molar-refractivity contribution in [3.05, 3.63) is 108 Å². The summed E-state index contributed by atoms with van der Waals surface area (Å²) in [5.41, 5.74) is 3.06. The number of benzene rings is 3. The van der Waals surface area contributed by atoms with Crippen LogP contribution >= 0.6 is 15.9 Å². The maximum atomic E-state index is 13.1. The number of carbonyl (C=O) groups excluding carboxylic acids is 1. The Balaban J connectivity index is 1.93. The molecule has 3 aromatic carbocycles. The minimum atomic E-state index is -0.155. The molecule has 0 fully saturated rings. The summed E-state index contributed by atoms with van der Waals surface area (Å²) in [7, 11) is 0. The maximum absolute atomic E-state index is 13.1. The molecule has 3 rings (SSSR count). The van der Waals surface area contributed by atoms with E-state index >= 15 is 0 Å². The number of Topliss-reactive ketones (excluding diaryl/α,β-unsaturated/α-hetero) is 1. The van der Waals surface area contributed by atoms with Gasteiger partial charge in [-0.3, -0.25) is 4.79 Å². The van der Waals surface area contributed by atoms with Crippen molar-refractivity contribution < 1.29 is 4.79 Å². The molecular formula is C22H19BrO. The Hall–Kier alpha value is -2.19. The second-order valence-electron chi connectivity index (χ2n) is 5.84. The summed E-state index contributed by atoms with van der Waals surface area (Å²) >= 11 is 3.79. The molecule has 0 aliphatic rings. The van der Waals surface area contributed by atoms with E-state index in [9.17, 15) is 4.79 Å². The van der Waals surface area contributed by atoms with Crippen LogP contribution in [-0.2, 0) is 6.42 Å². The third kappa shape index (κ3) is 4.01.